The van der Waals surface area contributed by atoms with Crippen LogP contribution in [-0.4, -0.2) is 29.1 Å². The number of hydrogen-bond acceptors (Lipinski definition) is 2. The van der Waals surface area contributed by atoms with Crippen molar-refractivity contribution in [2.75, 3.05) is 13.1 Å². The van der Waals surface area contributed by atoms with E-state index in [0.717, 1.165) is 23.7 Å². The lowest BCUT2D eigenvalue weighted by Gasteiger charge is -2.37. The van der Waals surface area contributed by atoms with E-state index < -0.39 is 6.10 Å². The van der Waals surface area contributed by atoms with E-state index >= 15 is 0 Å². The summed E-state index contributed by atoms with van der Waals surface area (Å²) in [5, 5.41) is 11.2. The average Bonchev–Trinajstić information content (AvgIpc) is 2.53. The highest BCUT2D eigenvalue weighted by molar-refractivity contribution is 6.30. The zero-order valence-corrected chi connectivity index (χ0v) is 14.6. The van der Waals surface area contributed by atoms with Crippen LogP contribution in [0.1, 0.15) is 70.0 Å². The number of nitrogens with zero attached hydrogens (tertiary/aromatic N) is 1. The van der Waals surface area contributed by atoms with E-state index in [4.69, 9.17) is 11.6 Å². The van der Waals surface area contributed by atoms with Crippen LogP contribution in [0.5, 0.6) is 0 Å². The maximum absolute atomic E-state index is 10.5. The minimum absolute atomic E-state index is 0.409. The minimum Gasteiger partial charge on any atom is -0.387 e. The molecule has 0 aromatic heterocycles. The van der Waals surface area contributed by atoms with Gasteiger partial charge in [-0.05, 0) is 43.5 Å². The van der Waals surface area contributed by atoms with Crippen LogP contribution in [0.3, 0.4) is 0 Å². The Balaban J connectivity index is 1.85. The van der Waals surface area contributed by atoms with Crippen LogP contribution in [0.15, 0.2) is 24.3 Å². The van der Waals surface area contributed by atoms with Crippen molar-refractivity contribution in [1.82, 2.24) is 4.90 Å². The second kappa shape index (κ2) is 9.54. The van der Waals surface area contributed by atoms with E-state index in [-0.39, 0.29) is 0 Å². The van der Waals surface area contributed by atoms with Gasteiger partial charge in [-0.2, -0.15) is 0 Å². The maximum Gasteiger partial charge on any atom is 0.0917 e. The van der Waals surface area contributed by atoms with E-state index in [1.165, 1.54) is 51.4 Å². The van der Waals surface area contributed by atoms with Crippen molar-refractivity contribution >= 4 is 11.6 Å². The summed E-state index contributed by atoms with van der Waals surface area (Å²) in [6.07, 6.45) is 10.1. The molecule has 1 fully saturated rings. The molecule has 1 aliphatic rings. The smallest absolute Gasteiger partial charge is 0.0917 e. The van der Waals surface area contributed by atoms with Crippen molar-refractivity contribution in [3.05, 3.63) is 34.9 Å². The summed E-state index contributed by atoms with van der Waals surface area (Å²) in [6.45, 7) is 4.14. The van der Waals surface area contributed by atoms with Crippen molar-refractivity contribution < 1.29 is 5.11 Å². The fourth-order valence-corrected chi connectivity index (χ4v) is 3.57. The number of β-amino-alcohol motifs (C(OH)–C–C–N with tert-alkyl or cyclic N) is 1. The molecule has 2 nitrogen and oxygen atoms in total. The lowest BCUT2D eigenvalue weighted by molar-refractivity contribution is 0.0628. The molecular formula is C19H30ClNO. The third kappa shape index (κ3) is 5.57. The van der Waals surface area contributed by atoms with Crippen LogP contribution in [0.4, 0.5) is 0 Å². The van der Waals surface area contributed by atoms with Gasteiger partial charge in [0.15, 0.2) is 0 Å². The van der Waals surface area contributed by atoms with Crippen LogP contribution in [0.2, 0.25) is 5.02 Å². The minimum atomic E-state index is -0.409. The van der Waals surface area contributed by atoms with Gasteiger partial charge in [-0.3, -0.25) is 4.90 Å². The molecule has 0 saturated carbocycles. The predicted octanol–water partition coefficient (Wildman–Crippen LogP) is 5.20. The van der Waals surface area contributed by atoms with Gasteiger partial charge in [0.05, 0.1) is 6.10 Å². The third-order valence-electron chi connectivity index (χ3n) is 4.80. The summed E-state index contributed by atoms with van der Waals surface area (Å²) in [7, 11) is 0. The lowest BCUT2D eigenvalue weighted by Crippen LogP contribution is -2.41. The standard InChI is InChI=1S/C19H30ClNO/c1-2-3-4-5-8-18-9-6-7-14-21(18)15-19(22)16-10-12-17(20)13-11-16/h10-13,18-19,22H,2-9,14-15H2,1H3/t18-,19+/m0/s1. The van der Waals surface area contributed by atoms with E-state index in [9.17, 15) is 5.11 Å². The van der Waals surface area contributed by atoms with Gasteiger partial charge in [-0.1, -0.05) is 62.8 Å². The van der Waals surface area contributed by atoms with Crippen molar-refractivity contribution in [2.24, 2.45) is 0 Å². The molecule has 2 atom stereocenters. The summed E-state index contributed by atoms with van der Waals surface area (Å²) in [5.74, 6) is 0. The molecule has 0 amide bonds. The van der Waals surface area contributed by atoms with Crippen LogP contribution in [-0.2, 0) is 0 Å². The predicted molar refractivity (Wildman–Crippen MR) is 94.4 cm³/mol. The molecule has 0 spiro atoms. The first-order chi connectivity index (χ1) is 10.7. The summed E-state index contributed by atoms with van der Waals surface area (Å²) in [5.41, 5.74) is 0.972. The number of unbranched alkanes of at least 4 members (excludes halogenated alkanes) is 3. The number of halogens is 1. The number of benzene rings is 1. The number of rotatable bonds is 8. The van der Waals surface area contributed by atoms with Crippen molar-refractivity contribution in [3.8, 4) is 0 Å². The Hall–Kier alpha value is -0.570. The molecule has 1 saturated heterocycles. The van der Waals surface area contributed by atoms with E-state index in [2.05, 4.69) is 11.8 Å². The number of aliphatic hydroxyl groups excluding tert-OH is 1. The SMILES string of the molecule is CCCCCC[C@H]1CCCCN1C[C@@H](O)c1ccc(Cl)cc1. The highest BCUT2D eigenvalue weighted by Crippen LogP contribution is 2.25. The van der Waals surface area contributed by atoms with Gasteiger partial charge in [-0.25, -0.2) is 0 Å². The fraction of sp³-hybridized carbons (Fsp3) is 0.684. The van der Waals surface area contributed by atoms with Crippen molar-refractivity contribution in [2.45, 2.75) is 70.4 Å². The number of likely N-dealkylation sites (tertiary alicyclic amines) is 1. The Kier molecular flexibility index (Phi) is 7.71. The van der Waals surface area contributed by atoms with Gasteiger partial charge >= 0.3 is 0 Å². The molecule has 124 valence electrons. The zero-order chi connectivity index (χ0) is 15.8. The molecule has 3 heteroatoms. The largest absolute Gasteiger partial charge is 0.387 e. The van der Waals surface area contributed by atoms with Crippen molar-refractivity contribution in [3.63, 3.8) is 0 Å². The van der Waals surface area contributed by atoms with E-state index in [1.807, 2.05) is 24.3 Å². The third-order valence-corrected chi connectivity index (χ3v) is 5.05. The lowest BCUT2D eigenvalue weighted by atomic mass is 9.95. The molecule has 1 heterocycles. The molecule has 0 bridgehead atoms. The quantitative estimate of drug-likeness (QED) is 0.665. The summed E-state index contributed by atoms with van der Waals surface area (Å²) >= 11 is 5.92. The monoisotopic (exact) mass is 323 g/mol. The van der Waals surface area contributed by atoms with E-state index in [1.54, 1.807) is 0 Å². The molecule has 1 aromatic rings. The summed E-state index contributed by atoms with van der Waals surface area (Å²) < 4.78 is 0. The van der Waals surface area contributed by atoms with Gasteiger partial charge in [-0.15, -0.1) is 0 Å². The molecule has 1 aromatic carbocycles. The second-order valence-electron chi connectivity index (χ2n) is 6.56. The highest BCUT2D eigenvalue weighted by atomic mass is 35.5. The van der Waals surface area contributed by atoms with Crippen LogP contribution >= 0.6 is 11.6 Å². The first kappa shape index (κ1) is 17.8. The van der Waals surface area contributed by atoms with Gasteiger partial charge in [0.1, 0.15) is 0 Å². The van der Waals surface area contributed by atoms with Crippen LogP contribution in [0.25, 0.3) is 0 Å². The molecule has 1 N–H and O–H groups in total. The molecule has 0 aliphatic carbocycles. The zero-order valence-electron chi connectivity index (χ0n) is 13.8. The Morgan fingerprint density at radius 2 is 1.95 bits per heavy atom. The Bertz CT molecular complexity index is 420. The maximum atomic E-state index is 10.5. The molecular weight excluding hydrogens is 294 g/mol. The second-order valence-corrected chi connectivity index (χ2v) is 7.00. The number of piperidine rings is 1. The van der Waals surface area contributed by atoms with Crippen LogP contribution in [0, 0.1) is 0 Å². The first-order valence-electron chi connectivity index (χ1n) is 8.88. The molecule has 0 radical (unpaired) electrons. The van der Waals surface area contributed by atoms with E-state index in [0.29, 0.717) is 6.04 Å². The van der Waals surface area contributed by atoms with Crippen molar-refractivity contribution in [1.29, 1.82) is 0 Å². The average molecular weight is 324 g/mol. The number of aliphatic hydroxyl groups is 1. The Labute approximate surface area is 140 Å². The normalized spacial score (nSPS) is 21.0. The number of hydrogen-bond donors (Lipinski definition) is 1. The van der Waals surface area contributed by atoms with Gasteiger partial charge in [0.2, 0.25) is 0 Å². The molecule has 2 rings (SSSR count). The molecule has 1 aliphatic heterocycles. The first-order valence-corrected chi connectivity index (χ1v) is 9.26. The van der Waals surface area contributed by atoms with Gasteiger partial charge in [0.25, 0.3) is 0 Å². The van der Waals surface area contributed by atoms with Crippen LogP contribution < -0.4 is 0 Å². The van der Waals surface area contributed by atoms with Gasteiger partial charge < -0.3 is 5.11 Å². The summed E-state index contributed by atoms with van der Waals surface area (Å²) in [6, 6.07) is 8.25. The highest BCUT2D eigenvalue weighted by Gasteiger charge is 2.24. The Morgan fingerprint density at radius 3 is 2.68 bits per heavy atom. The topological polar surface area (TPSA) is 23.5 Å². The Morgan fingerprint density at radius 1 is 1.18 bits per heavy atom. The fourth-order valence-electron chi connectivity index (χ4n) is 3.45. The summed E-state index contributed by atoms with van der Waals surface area (Å²) in [4.78, 5) is 2.51. The van der Waals surface area contributed by atoms with Gasteiger partial charge in [0, 0.05) is 17.6 Å². The molecule has 22 heavy (non-hydrogen) atoms. The molecule has 0 unspecified atom stereocenters.